The molecule has 0 spiro atoms. The van der Waals surface area contributed by atoms with Crippen LogP contribution in [0.15, 0.2) is 18.2 Å². The van der Waals surface area contributed by atoms with Crippen molar-refractivity contribution in [2.75, 3.05) is 0 Å². The Bertz CT molecular complexity index is 313. The maximum Gasteiger partial charge on any atom is 0.573 e. The molecule has 0 atom stereocenters. The van der Waals surface area contributed by atoms with Gasteiger partial charge in [-0.1, -0.05) is 11.6 Å². The van der Waals surface area contributed by atoms with Gasteiger partial charge < -0.3 is 4.74 Å². The lowest BCUT2D eigenvalue weighted by atomic mass is 10.3. The third-order valence-corrected chi connectivity index (χ3v) is 1.49. The first-order chi connectivity index (χ1) is 5.88. The number of halogens is 4. The van der Waals surface area contributed by atoms with E-state index in [1.54, 1.807) is 0 Å². The number of benzene rings is 1. The summed E-state index contributed by atoms with van der Waals surface area (Å²) in [6.45, 7) is 0. The summed E-state index contributed by atoms with van der Waals surface area (Å²) in [5.74, 6) is -0.423. The minimum absolute atomic E-state index is 0.0452. The van der Waals surface area contributed by atoms with E-state index in [0.29, 0.717) is 0 Å². The predicted octanol–water partition coefficient (Wildman–Crippen LogP) is 3.15. The summed E-state index contributed by atoms with van der Waals surface area (Å²) in [6, 6.07) is 3.10. The lowest BCUT2D eigenvalue weighted by Crippen LogP contribution is -2.16. The second-order valence-electron chi connectivity index (χ2n) is 2.19. The molecule has 1 aromatic rings. The summed E-state index contributed by atoms with van der Waals surface area (Å²) >= 11 is 5.41. The molecule has 0 saturated heterocycles. The van der Waals surface area contributed by atoms with Gasteiger partial charge in [0.2, 0.25) is 0 Å². The first-order valence-electron chi connectivity index (χ1n) is 3.15. The minimum atomic E-state index is -4.73. The number of nitrogens with one attached hydrogen (secondary N) is 1. The Morgan fingerprint density at radius 2 is 1.92 bits per heavy atom. The van der Waals surface area contributed by atoms with Gasteiger partial charge in [-0.25, -0.2) is 0 Å². The lowest BCUT2D eigenvalue weighted by Gasteiger charge is -2.08. The zero-order chi connectivity index (χ0) is 10.1. The van der Waals surface area contributed by atoms with Crippen LogP contribution in [0.4, 0.5) is 18.9 Å². The van der Waals surface area contributed by atoms with Gasteiger partial charge in [0.1, 0.15) is 5.75 Å². The normalized spacial score (nSPS) is 11.4. The Kier molecular flexibility index (Phi) is 2.56. The van der Waals surface area contributed by atoms with Crippen LogP contribution in [0, 0.1) is 0 Å². The monoisotopic (exact) mass is 210 g/mol. The predicted molar refractivity (Wildman–Crippen MR) is 40.9 cm³/mol. The van der Waals surface area contributed by atoms with Gasteiger partial charge in [-0.15, -0.1) is 13.2 Å². The molecule has 0 amide bonds. The molecule has 1 rings (SSSR count). The Labute approximate surface area is 77.0 Å². The summed E-state index contributed by atoms with van der Waals surface area (Å²) in [7, 11) is 0. The molecule has 0 bridgehead atoms. The molecule has 13 heavy (non-hydrogen) atoms. The van der Waals surface area contributed by atoms with Crippen molar-refractivity contribution in [3.05, 3.63) is 23.2 Å². The molecular formula is C7H4ClF3NO. The molecule has 1 N–H and O–H groups in total. The number of alkyl halides is 3. The molecule has 0 fully saturated rings. The third-order valence-electron chi connectivity index (χ3n) is 1.17. The molecule has 0 saturated carbocycles. The van der Waals surface area contributed by atoms with E-state index >= 15 is 0 Å². The highest BCUT2D eigenvalue weighted by Gasteiger charge is 2.31. The van der Waals surface area contributed by atoms with E-state index in [1.807, 2.05) is 0 Å². The quantitative estimate of drug-likeness (QED) is 0.701. The molecule has 1 aromatic carbocycles. The highest BCUT2D eigenvalue weighted by molar-refractivity contribution is 6.33. The van der Waals surface area contributed by atoms with Gasteiger partial charge in [0.15, 0.2) is 0 Å². The highest BCUT2D eigenvalue weighted by Crippen LogP contribution is 2.28. The van der Waals surface area contributed by atoms with Crippen LogP contribution in [0.3, 0.4) is 0 Å². The Hall–Kier alpha value is -1.10. The number of hydrogen-bond donors (Lipinski definition) is 0. The standard InChI is InChI=1S/C7H4ClF3NO/c8-5-3-4(1-2-6(5)12)13-7(9,10)11/h1-3,12H. The van der Waals surface area contributed by atoms with Gasteiger partial charge in [0.05, 0.1) is 10.7 Å². The fourth-order valence-electron chi connectivity index (χ4n) is 0.693. The number of ether oxygens (including phenoxy) is 1. The van der Waals surface area contributed by atoms with Crippen molar-refractivity contribution in [3.63, 3.8) is 0 Å². The van der Waals surface area contributed by atoms with Crippen LogP contribution in [0.25, 0.3) is 0 Å². The van der Waals surface area contributed by atoms with Crippen LogP contribution in [-0.2, 0) is 0 Å². The van der Waals surface area contributed by atoms with Crippen molar-refractivity contribution in [2.24, 2.45) is 0 Å². The molecule has 1 radical (unpaired) electrons. The van der Waals surface area contributed by atoms with Gasteiger partial charge in [-0.05, 0) is 12.1 Å². The summed E-state index contributed by atoms with van der Waals surface area (Å²) in [6.07, 6.45) is -4.73. The molecule has 2 nitrogen and oxygen atoms in total. The smallest absolute Gasteiger partial charge is 0.406 e. The Morgan fingerprint density at radius 1 is 1.31 bits per heavy atom. The largest absolute Gasteiger partial charge is 0.573 e. The molecular weight excluding hydrogens is 207 g/mol. The summed E-state index contributed by atoms with van der Waals surface area (Å²) in [4.78, 5) is 0. The molecule has 0 aromatic heterocycles. The fraction of sp³-hybridized carbons (Fsp3) is 0.143. The van der Waals surface area contributed by atoms with Crippen molar-refractivity contribution in [1.29, 1.82) is 0 Å². The van der Waals surface area contributed by atoms with Crippen LogP contribution >= 0.6 is 11.6 Å². The first-order valence-corrected chi connectivity index (χ1v) is 3.53. The number of hydrogen-bond acceptors (Lipinski definition) is 1. The van der Waals surface area contributed by atoms with Crippen LogP contribution in [0.1, 0.15) is 0 Å². The fourth-order valence-corrected chi connectivity index (χ4v) is 0.863. The van der Waals surface area contributed by atoms with Crippen molar-refractivity contribution < 1.29 is 17.9 Å². The molecule has 0 aliphatic rings. The Morgan fingerprint density at radius 3 is 2.38 bits per heavy atom. The number of rotatable bonds is 1. The van der Waals surface area contributed by atoms with E-state index in [9.17, 15) is 13.2 Å². The van der Waals surface area contributed by atoms with Crippen molar-refractivity contribution in [2.45, 2.75) is 6.36 Å². The van der Waals surface area contributed by atoms with E-state index in [0.717, 1.165) is 18.2 Å². The SMILES string of the molecule is [NH]c1ccc(OC(F)(F)F)cc1Cl. The molecule has 0 aliphatic carbocycles. The van der Waals surface area contributed by atoms with Gasteiger partial charge in [-0.2, -0.15) is 0 Å². The van der Waals surface area contributed by atoms with Crippen LogP contribution in [-0.4, -0.2) is 6.36 Å². The Balaban J connectivity index is 2.86. The van der Waals surface area contributed by atoms with Gasteiger partial charge in [0.25, 0.3) is 0 Å². The van der Waals surface area contributed by atoms with E-state index in [-0.39, 0.29) is 10.7 Å². The van der Waals surface area contributed by atoms with Crippen molar-refractivity contribution in [1.82, 2.24) is 5.73 Å². The van der Waals surface area contributed by atoms with Crippen LogP contribution < -0.4 is 10.5 Å². The second kappa shape index (κ2) is 3.33. The molecule has 71 valence electrons. The van der Waals surface area contributed by atoms with E-state index < -0.39 is 12.1 Å². The van der Waals surface area contributed by atoms with E-state index in [4.69, 9.17) is 17.3 Å². The van der Waals surface area contributed by atoms with Crippen molar-refractivity contribution in [3.8, 4) is 5.75 Å². The molecule has 6 heteroatoms. The maximum atomic E-state index is 11.7. The third kappa shape index (κ3) is 3.02. The summed E-state index contributed by atoms with van der Waals surface area (Å²) < 4.78 is 38.6. The second-order valence-corrected chi connectivity index (χ2v) is 2.60. The summed E-state index contributed by atoms with van der Waals surface area (Å²) in [5, 5.41) is -0.0817. The topological polar surface area (TPSA) is 33.0 Å². The average Bonchev–Trinajstić information content (AvgIpc) is 1.94. The zero-order valence-electron chi connectivity index (χ0n) is 6.15. The first kappa shape index (κ1) is 9.98. The van der Waals surface area contributed by atoms with Gasteiger partial charge >= 0.3 is 6.36 Å². The van der Waals surface area contributed by atoms with E-state index in [1.165, 1.54) is 0 Å². The lowest BCUT2D eigenvalue weighted by molar-refractivity contribution is -0.274. The van der Waals surface area contributed by atoms with Crippen molar-refractivity contribution >= 4 is 17.3 Å². The summed E-state index contributed by atoms with van der Waals surface area (Å²) in [5.41, 5.74) is 7.03. The minimum Gasteiger partial charge on any atom is -0.406 e. The van der Waals surface area contributed by atoms with Gasteiger partial charge in [0, 0.05) is 6.07 Å². The zero-order valence-corrected chi connectivity index (χ0v) is 6.91. The highest BCUT2D eigenvalue weighted by atomic mass is 35.5. The average molecular weight is 211 g/mol. The van der Waals surface area contributed by atoms with Crippen LogP contribution in [0.2, 0.25) is 5.02 Å². The maximum absolute atomic E-state index is 11.7. The molecule has 0 unspecified atom stereocenters. The van der Waals surface area contributed by atoms with E-state index in [2.05, 4.69) is 4.74 Å². The van der Waals surface area contributed by atoms with Crippen LogP contribution in [0.5, 0.6) is 5.75 Å². The molecule has 0 heterocycles. The molecule has 0 aliphatic heterocycles. The van der Waals surface area contributed by atoms with Gasteiger partial charge in [-0.3, -0.25) is 5.73 Å².